The van der Waals surface area contributed by atoms with Crippen molar-refractivity contribution in [1.82, 2.24) is 0 Å². The van der Waals surface area contributed by atoms with Crippen molar-refractivity contribution in [2.45, 2.75) is 0 Å². The second-order valence-electron chi connectivity index (χ2n) is 5.21. The minimum Gasteiger partial charge on any atom is -0.0669 e. The molecule has 106 valence electrons. The van der Waals surface area contributed by atoms with Gasteiger partial charge in [0.2, 0.25) is 0 Å². The first-order valence-electron chi connectivity index (χ1n) is 7.40. The van der Waals surface area contributed by atoms with E-state index in [1.54, 1.807) is 0 Å². The van der Waals surface area contributed by atoms with E-state index in [0.29, 0.717) is 0 Å². The fourth-order valence-electron chi connectivity index (χ4n) is 2.70. The van der Waals surface area contributed by atoms with Crippen LogP contribution in [0.5, 0.6) is 0 Å². The predicted octanol–water partition coefficient (Wildman–Crippen LogP) is 7.31. The molecule has 0 nitrogen and oxygen atoms in total. The maximum absolute atomic E-state index is 2.51. The zero-order valence-electron chi connectivity index (χ0n) is 12.1. The largest absolute Gasteiger partial charge is 0.0669 e. The molecule has 0 bridgehead atoms. The summed E-state index contributed by atoms with van der Waals surface area (Å²) in [5, 5.41) is 4.53. The van der Waals surface area contributed by atoms with Crippen LogP contribution in [0, 0.1) is 0 Å². The number of hydrogen-bond donors (Lipinski definition) is 0. The standard InChI is InChI=1S/C20H16P2/c1-4-10-17(11-5-1)20-16-21(18-12-6-2-7-13-18)22(20)19-14-8-3-9-15-19/h1-16H. The molecule has 0 aliphatic rings. The molecule has 2 unspecified atom stereocenters. The predicted molar refractivity (Wildman–Crippen MR) is 100.0 cm³/mol. The molecule has 2 heteroatoms. The van der Waals surface area contributed by atoms with E-state index in [9.17, 15) is 0 Å². The van der Waals surface area contributed by atoms with Crippen LogP contribution in [0.2, 0.25) is 0 Å². The zero-order valence-corrected chi connectivity index (χ0v) is 13.9. The molecule has 0 saturated heterocycles. The summed E-state index contributed by atoms with van der Waals surface area (Å²) in [6, 6.07) is 32.8. The highest BCUT2D eigenvalue weighted by Crippen LogP contribution is 2.72. The van der Waals surface area contributed by atoms with Gasteiger partial charge in [-0.1, -0.05) is 105 Å². The fraction of sp³-hybridized carbons (Fsp3) is 0. The van der Waals surface area contributed by atoms with Crippen molar-refractivity contribution in [2.75, 3.05) is 0 Å². The van der Waals surface area contributed by atoms with Crippen LogP contribution in [0.1, 0.15) is 0 Å². The molecule has 1 heterocycles. The summed E-state index contributed by atoms with van der Waals surface area (Å²) in [7, 11) is -0.439. The Labute approximate surface area is 133 Å². The van der Waals surface area contributed by atoms with Crippen LogP contribution in [-0.2, 0) is 0 Å². The quantitative estimate of drug-likeness (QED) is 0.371. The van der Waals surface area contributed by atoms with Crippen LogP contribution >= 0.6 is 14.4 Å². The molecule has 0 N–H and O–H groups in total. The minimum atomic E-state index is -0.246. The molecule has 3 aromatic carbocycles. The molecule has 4 rings (SSSR count). The topological polar surface area (TPSA) is 0 Å². The molecule has 22 heavy (non-hydrogen) atoms. The van der Waals surface area contributed by atoms with Gasteiger partial charge >= 0.3 is 0 Å². The Morgan fingerprint density at radius 3 is 1.59 bits per heavy atom. The van der Waals surface area contributed by atoms with Crippen molar-refractivity contribution in [3.05, 3.63) is 96.8 Å². The lowest BCUT2D eigenvalue weighted by Gasteiger charge is -2.22. The lowest BCUT2D eigenvalue weighted by Crippen LogP contribution is -1.80. The number of benzene rings is 3. The van der Waals surface area contributed by atoms with E-state index >= 15 is 0 Å². The molecule has 0 radical (unpaired) electrons. The van der Waals surface area contributed by atoms with E-state index in [-0.39, 0.29) is 14.4 Å². The Bertz CT molecular complexity index is 803. The van der Waals surface area contributed by atoms with E-state index < -0.39 is 0 Å². The summed E-state index contributed by atoms with van der Waals surface area (Å²) in [6.07, 6.45) is 0. The Balaban J connectivity index is 1.89. The Morgan fingerprint density at radius 2 is 1.00 bits per heavy atom. The molecule has 4 aromatic rings. The highest BCUT2D eigenvalue weighted by Gasteiger charge is 2.17. The van der Waals surface area contributed by atoms with Gasteiger partial charge in [0.15, 0.2) is 0 Å². The van der Waals surface area contributed by atoms with Crippen molar-refractivity contribution < 1.29 is 0 Å². The normalized spacial score (nSPS) is 12.4. The highest BCUT2D eigenvalue weighted by molar-refractivity contribution is 8.18. The van der Waals surface area contributed by atoms with Crippen LogP contribution in [-0.4, -0.2) is 0 Å². The average molecular weight is 318 g/mol. The average Bonchev–Trinajstić information content (AvgIpc) is 2.57. The third-order valence-corrected chi connectivity index (χ3v) is 11.0. The van der Waals surface area contributed by atoms with Gasteiger partial charge in [0.1, 0.15) is 0 Å². The molecule has 2 atom stereocenters. The van der Waals surface area contributed by atoms with E-state index in [0.717, 1.165) is 0 Å². The van der Waals surface area contributed by atoms with E-state index in [4.69, 9.17) is 0 Å². The molecule has 0 fully saturated rings. The van der Waals surface area contributed by atoms with E-state index in [2.05, 4.69) is 96.8 Å². The van der Waals surface area contributed by atoms with Crippen molar-refractivity contribution in [3.8, 4) is 21.5 Å². The van der Waals surface area contributed by atoms with Gasteiger partial charge in [-0.3, -0.25) is 0 Å². The molecule has 0 amide bonds. The van der Waals surface area contributed by atoms with Crippen LogP contribution in [0.3, 0.4) is 0 Å². The van der Waals surface area contributed by atoms with Gasteiger partial charge in [-0.2, -0.15) is 0 Å². The van der Waals surface area contributed by atoms with Crippen LogP contribution < -0.4 is 0 Å². The summed E-state index contributed by atoms with van der Waals surface area (Å²) >= 11 is 0. The Hall–Kier alpha value is -2.00. The smallest absolute Gasteiger partial charge is 0.0141 e. The number of rotatable bonds is 3. The van der Waals surface area contributed by atoms with Crippen molar-refractivity contribution in [3.63, 3.8) is 0 Å². The first kappa shape index (κ1) is 13.6. The van der Waals surface area contributed by atoms with Crippen LogP contribution in [0.25, 0.3) is 21.5 Å². The Kier molecular flexibility index (Phi) is 3.73. The van der Waals surface area contributed by atoms with Gasteiger partial charge in [0, 0.05) is 15.9 Å². The summed E-state index contributed by atoms with van der Waals surface area (Å²) < 4.78 is 0. The fourth-order valence-corrected chi connectivity index (χ4v) is 9.78. The molecule has 0 aliphatic carbocycles. The van der Waals surface area contributed by atoms with Gasteiger partial charge in [0.25, 0.3) is 0 Å². The van der Waals surface area contributed by atoms with Crippen molar-refractivity contribution in [1.29, 1.82) is 0 Å². The summed E-state index contributed by atoms with van der Waals surface area (Å²) in [4.78, 5) is 0. The molecule has 0 spiro atoms. The third kappa shape index (κ3) is 2.46. The van der Waals surface area contributed by atoms with E-state index in [1.807, 2.05) is 0 Å². The van der Waals surface area contributed by atoms with Gasteiger partial charge in [-0.05, 0) is 11.4 Å². The van der Waals surface area contributed by atoms with Gasteiger partial charge in [-0.15, -0.1) is 0 Å². The third-order valence-electron chi connectivity index (χ3n) is 3.78. The second kappa shape index (κ2) is 6.01. The van der Waals surface area contributed by atoms with Crippen LogP contribution in [0.15, 0.2) is 96.8 Å². The molecular weight excluding hydrogens is 302 g/mol. The lowest BCUT2D eigenvalue weighted by molar-refractivity contribution is 1.70. The SMILES string of the molecule is c1ccc(-c2cp(-c3ccccc3)p2-c2ccccc2)cc1. The zero-order chi connectivity index (χ0) is 14.8. The van der Waals surface area contributed by atoms with Crippen molar-refractivity contribution in [2.24, 2.45) is 0 Å². The van der Waals surface area contributed by atoms with E-state index in [1.165, 1.54) is 21.5 Å². The van der Waals surface area contributed by atoms with Gasteiger partial charge < -0.3 is 0 Å². The monoisotopic (exact) mass is 318 g/mol. The molecule has 1 aromatic heterocycles. The minimum absolute atomic E-state index is 0.193. The second-order valence-corrected chi connectivity index (χ2v) is 10.8. The van der Waals surface area contributed by atoms with Gasteiger partial charge in [0.05, 0.1) is 0 Å². The number of hydrogen-bond acceptors (Lipinski definition) is 0. The summed E-state index contributed by atoms with van der Waals surface area (Å²) in [6.45, 7) is 0. The first-order chi connectivity index (χ1) is 10.9. The van der Waals surface area contributed by atoms with Gasteiger partial charge in [-0.25, -0.2) is 0 Å². The van der Waals surface area contributed by atoms with Crippen molar-refractivity contribution >= 4 is 14.4 Å². The summed E-state index contributed by atoms with van der Waals surface area (Å²) in [5.41, 5.74) is 1.38. The molecule has 0 aliphatic heterocycles. The summed E-state index contributed by atoms with van der Waals surface area (Å²) in [5.74, 6) is 2.51. The van der Waals surface area contributed by atoms with Crippen LogP contribution in [0.4, 0.5) is 0 Å². The maximum Gasteiger partial charge on any atom is 0.0141 e. The first-order valence-corrected chi connectivity index (χ1v) is 10.9. The molecular formula is C20H16P2. The Morgan fingerprint density at radius 1 is 0.500 bits per heavy atom. The highest BCUT2D eigenvalue weighted by atomic mass is 31.9. The maximum atomic E-state index is 2.51. The molecule has 0 saturated carbocycles. The lowest BCUT2D eigenvalue weighted by atomic mass is 10.2.